The minimum atomic E-state index is 0.0934. The average Bonchev–Trinajstić information content (AvgIpc) is 2.18. The molecule has 0 saturated carbocycles. The predicted octanol–water partition coefficient (Wildman–Crippen LogP) is 2.36. The molecule has 0 aliphatic heterocycles. The summed E-state index contributed by atoms with van der Waals surface area (Å²) in [4.78, 5) is 11.6. The molecule has 0 bridgehead atoms. The third-order valence-corrected chi connectivity index (χ3v) is 3.27. The molecule has 1 aromatic carbocycles. The number of thioether (sulfide) groups is 1. The molecule has 4 heteroatoms. The van der Waals surface area contributed by atoms with E-state index in [1.165, 1.54) is 11.8 Å². The maximum Gasteiger partial charge on any atom is 0.173 e. The first-order chi connectivity index (χ1) is 6.75. The van der Waals surface area contributed by atoms with Gasteiger partial charge in [0.15, 0.2) is 5.78 Å². The molecule has 0 heterocycles. The van der Waals surface area contributed by atoms with Crippen molar-refractivity contribution >= 4 is 33.5 Å². The van der Waals surface area contributed by atoms with E-state index in [1.807, 2.05) is 18.2 Å². The number of carbonyl (C=O) groups is 1. The zero-order valence-electron chi connectivity index (χ0n) is 7.57. The second-order valence-electron chi connectivity index (χ2n) is 2.68. The first kappa shape index (κ1) is 11.8. The highest BCUT2D eigenvalue weighted by molar-refractivity contribution is 9.10. The molecule has 76 valence electrons. The molecule has 0 aliphatic carbocycles. The number of Topliss-reactive ketones (excluding diaryl/α,β-unsaturated/α-hetero) is 1. The van der Waals surface area contributed by atoms with Gasteiger partial charge in [0.05, 0.1) is 12.4 Å². The summed E-state index contributed by atoms with van der Waals surface area (Å²) >= 11 is 4.77. The van der Waals surface area contributed by atoms with Gasteiger partial charge in [-0.2, -0.15) is 11.8 Å². The highest BCUT2D eigenvalue weighted by Crippen LogP contribution is 2.17. The van der Waals surface area contributed by atoms with Crippen LogP contribution in [0, 0.1) is 0 Å². The lowest BCUT2D eigenvalue weighted by Gasteiger charge is -2.02. The molecule has 0 atom stereocenters. The van der Waals surface area contributed by atoms with E-state index in [-0.39, 0.29) is 12.4 Å². The maximum atomic E-state index is 11.6. The van der Waals surface area contributed by atoms with Crippen LogP contribution in [0.5, 0.6) is 0 Å². The van der Waals surface area contributed by atoms with E-state index in [0.29, 0.717) is 17.1 Å². The molecular weight excluding hydrogens is 264 g/mol. The number of aliphatic hydroxyl groups is 1. The van der Waals surface area contributed by atoms with Crippen molar-refractivity contribution in [2.45, 2.75) is 0 Å². The smallest absolute Gasteiger partial charge is 0.173 e. The molecule has 2 nitrogen and oxygen atoms in total. The monoisotopic (exact) mass is 274 g/mol. The topological polar surface area (TPSA) is 37.3 Å². The van der Waals surface area contributed by atoms with E-state index in [9.17, 15) is 4.79 Å². The van der Waals surface area contributed by atoms with Crippen molar-refractivity contribution in [2.75, 3.05) is 18.1 Å². The third kappa shape index (κ3) is 3.44. The average molecular weight is 275 g/mol. The number of carbonyl (C=O) groups excluding carboxylic acids is 1. The first-order valence-electron chi connectivity index (χ1n) is 4.22. The summed E-state index contributed by atoms with van der Waals surface area (Å²) in [5, 5.41) is 8.56. The van der Waals surface area contributed by atoms with Crippen LogP contribution < -0.4 is 0 Å². The second-order valence-corrected chi connectivity index (χ2v) is 4.64. The molecule has 0 unspecified atom stereocenters. The molecule has 0 spiro atoms. The van der Waals surface area contributed by atoms with Gasteiger partial charge in [-0.15, -0.1) is 0 Å². The molecule has 0 radical (unpaired) electrons. The number of rotatable bonds is 5. The van der Waals surface area contributed by atoms with Crippen LogP contribution in [0.2, 0.25) is 0 Å². The van der Waals surface area contributed by atoms with Gasteiger partial charge >= 0.3 is 0 Å². The summed E-state index contributed by atoms with van der Waals surface area (Å²) in [6.45, 7) is 0.119. The first-order valence-corrected chi connectivity index (χ1v) is 6.17. The molecule has 0 fully saturated rings. The lowest BCUT2D eigenvalue weighted by Crippen LogP contribution is -2.04. The van der Waals surface area contributed by atoms with Gasteiger partial charge in [-0.25, -0.2) is 0 Å². The second kappa shape index (κ2) is 6.22. The van der Waals surface area contributed by atoms with E-state index in [0.717, 1.165) is 4.47 Å². The molecular formula is C10H11BrO2S. The minimum Gasteiger partial charge on any atom is -0.396 e. The lowest BCUT2D eigenvalue weighted by molar-refractivity contribution is 0.102. The molecule has 0 amide bonds. The number of hydrogen-bond donors (Lipinski definition) is 1. The van der Waals surface area contributed by atoms with Gasteiger partial charge in [-0.3, -0.25) is 4.79 Å². The van der Waals surface area contributed by atoms with Crippen molar-refractivity contribution in [3.8, 4) is 0 Å². The quantitative estimate of drug-likeness (QED) is 0.662. The van der Waals surface area contributed by atoms with Gasteiger partial charge in [-0.05, 0) is 6.07 Å². The highest BCUT2D eigenvalue weighted by Gasteiger charge is 2.08. The fourth-order valence-corrected chi connectivity index (χ4v) is 2.11. The van der Waals surface area contributed by atoms with E-state index in [4.69, 9.17) is 5.11 Å². The zero-order chi connectivity index (χ0) is 10.4. The van der Waals surface area contributed by atoms with Gasteiger partial charge in [0.25, 0.3) is 0 Å². The third-order valence-electron chi connectivity index (χ3n) is 1.64. The molecule has 0 aliphatic rings. The van der Waals surface area contributed by atoms with Crippen LogP contribution in [-0.2, 0) is 0 Å². The number of hydrogen-bond acceptors (Lipinski definition) is 3. The molecule has 1 N–H and O–H groups in total. The Bertz CT molecular complexity index is 315. The van der Waals surface area contributed by atoms with Crippen molar-refractivity contribution in [1.29, 1.82) is 0 Å². The van der Waals surface area contributed by atoms with Gasteiger partial charge < -0.3 is 5.11 Å². The van der Waals surface area contributed by atoms with Crippen LogP contribution >= 0.6 is 27.7 Å². The Kier molecular flexibility index (Phi) is 5.22. The Balaban J connectivity index is 2.56. The fourth-order valence-electron chi connectivity index (χ4n) is 0.995. The highest BCUT2D eigenvalue weighted by atomic mass is 79.9. The van der Waals surface area contributed by atoms with E-state index < -0.39 is 0 Å². The Morgan fingerprint density at radius 3 is 2.79 bits per heavy atom. The summed E-state index contributed by atoms with van der Waals surface area (Å²) in [6.07, 6.45) is 0. The van der Waals surface area contributed by atoms with Gasteiger partial charge in [0.1, 0.15) is 0 Å². The number of halogens is 1. The van der Waals surface area contributed by atoms with Crippen LogP contribution in [0.3, 0.4) is 0 Å². The van der Waals surface area contributed by atoms with Crippen LogP contribution in [0.1, 0.15) is 10.4 Å². The Morgan fingerprint density at radius 1 is 1.43 bits per heavy atom. The van der Waals surface area contributed by atoms with Crippen LogP contribution in [-0.4, -0.2) is 29.0 Å². The standard InChI is InChI=1S/C10H11BrO2S/c11-9-4-2-1-3-8(9)10(13)7-14-6-5-12/h1-4,12H,5-7H2. The van der Waals surface area contributed by atoms with Crippen molar-refractivity contribution in [3.05, 3.63) is 34.3 Å². The SMILES string of the molecule is O=C(CSCCO)c1ccccc1Br. The van der Waals surface area contributed by atoms with Crippen molar-refractivity contribution in [3.63, 3.8) is 0 Å². The van der Waals surface area contributed by atoms with Crippen molar-refractivity contribution < 1.29 is 9.90 Å². The summed E-state index contributed by atoms with van der Waals surface area (Å²) in [5.41, 5.74) is 0.706. The largest absolute Gasteiger partial charge is 0.396 e. The maximum absolute atomic E-state index is 11.6. The minimum absolute atomic E-state index is 0.0934. The molecule has 1 rings (SSSR count). The van der Waals surface area contributed by atoms with Gasteiger partial charge in [-0.1, -0.05) is 34.1 Å². The summed E-state index contributed by atoms with van der Waals surface area (Å²) < 4.78 is 0.828. The predicted molar refractivity (Wildman–Crippen MR) is 62.9 cm³/mol. The van der Waals surface area contributed by atoms with Crippen LogP contribution in [0.4, 0.5) is 0 Å². The van der Waals surface area contributed by atoms with Crippen LogP contribution in [0.25, 0.3) is 0 Å². The van der Waals surface area contributed by atoms with E-state index in [1.54, 1.807) is 6.07 Å². The van der Waals surface area contributed by atoms with Crippen molar-refractivity contribution in [2.24, 2.45) is 0 Å². The molecule has 1 aromatic rings. The molecule has 0 aromatic heterocycles. The normalized spacial score (nSPS) is 10.1. The Labute approximate surface area is 95.8 Å². The fraction of sp³-hybridized carbons (Fsp3) is 0.300. The number of benzene rings is 1. The Hall–Kier alpha value is -0.320. The molecule has 14 heavy (non-hydrogen) atoms. The van der Waals surface area contributed by atoms with Gasteiger partial charge in [0.2, 0.25) is 0 Å². The molecule has 0 saturated heterocycles. The van der Waals surface area contributed by atoms with Crippen molar-refractivity contribution in [1.82, 2.24) is 0 Å². The lowest BCUT2D eigenvalue weighted by atomic mass is 10.1. The summed E-state index contributed by atoms with van der Waals surface area (Å²) in [7, 11) is 0. The number of ketones is 1. The van der Waals surface area contributed by atoms with E-state index >= 15 is 0 Å². The summed E-state index contributed by atoms with van der Waals surface area (Å²) in [5.74, 6) is 1.12. The zero-order valence-corrected chi connectivity index (χ0v) is 9.97. The summed E-state index contributed by atoms with van der Waals surface area (Å²) in [6, 6.07) is 7.37. The van der Waals surface area contributed by atoms with Gasteiger partial charge in [0, 0.05) is 15.8 Å². The Morgan fingerprint density at radius 2 is 2.14 bits per heavy atom. The van der Waals surface area contributed by atoms with E-state index in [2.05, 4.69) is 15.9 Å². The number of aliphatic hydroxyl groups excluding tert-OH is 1. The van der Waals surface area contributed by atoms with Crippen LogP contribution in [0.15, 0.2) is 28.7 Å².